The molecule has 12 atom stereocenters. The molecule has 6 N–H and O–H groups in total. The van der Waals surface area contributed by atoms with Crippen molar-refractivity contribution in [2.75, 3.05) is 25.6 Å². The number of nitrogens with two attached hydrogens (primary N) is 1. The van der Waals surface area contributed by atoms with Crippen LogP contribution in [-0.2, 0) is 72.5 Å². The van der Waals surface area contributed by atoms with Crippen LogP contribution in [0.5, 0.6) is 5.75 Å². The molecule has 392 valence electrons. The zero-order valence-corrected chi connectivity index (χ0v) is 41.7. The SMILES string of the molecule is CCCOc1ccc(-c2ccc(-c3ccc(C(=O)OC[C@H](F)[C@H]4O[C@@H](OP(=O)(O)OP(O)(=S)OC[C@H]5O[C@@H](n6cnc7c(N)ncnc76)[C@H](O)[C@@H]5O)[C@@H](OC(C)=O)[C@@H](OC(C)=O)[C@@H]4OC(C)=O)cc3)cc2)cc1. The topological polar surface area (TPSA) is 328 Å². The first kappa shape index (κ1) is 54.9. The number of anilines is 1. The Morgan fingerprint density at radius 1 is 0.808 bits per heavy atom. The molecule has 0 amide bonds. The number of hydrogen-bond donors (Lipinski definition) is 5. The van der Waals surface area contributed by atoms with Crippen LogP contribution < -0.4 is 10.5 Å². The molecule has 2 fully saturated rings. The molecule has 28 heteroatoms. The molecule has 7 rings (SSSR count). The number of halogens is 1. The highest BCUT2D eigenvalue weighted by molar-refractivity contribution is 8.08. The molecule has 2 aliphatic heterocycles. The molecule has 2 aliphatic rings. The van der Waals surface area contributed by atoms with Crippen molar-refractivity contribution < 1.29 is 94.6 Å². The fraction of sp³-hybridized carbons (Fsp3) is 0.400. The maximum absolute atomic E-state index is 16.5. The van der Waals surface area contributed by atoms with Gasteiger partial charge in [-0.1, -0.05) is 55.5 Å². The molecule has 3 aromatic carbocycles. The molecule has 4 heterocycles. The number of aromatic nitrogens is 4. The first-order chi connectivity index (χ1) is 34.6. The lowest BCUT2D eigenvalue weighted by Crippen LogP contribution is -2.64. The third-order valence-corrected chi connectivity index (χ3v) is 14.5. The fourth-order valence-corrected chi connectivity index (χ4v) is 10.9. The monoisotopic (exact) mass is 1080 g/mol. The molecule has 2 saturated heterocycles. The Morgan fingerprint density at radius 3 is 1.96 bits per heavy atom. The highest BCUT2D eigenvalue weighted by Crippen LogP contribution is 2.62. The van der Waals surface area contributed by atoms with E-state index < -0.39 is 113 Å². The van der Waals surface area contributed by atoms with E-state index in [0.29, 0.717) is 6.61 Å². The Balaban J connectivity index is 1.02. The van der Waals surface area contributed by atoms with Crippen molar-refractivity contribution in [1.29, 1.82) is 0 Å². The van der Waals surface area contributed by atoms with E-state index in [9.17, 15) is 43.7 Å². The number of esters is 4. The molecule has 24 nitrogen and oxygen atoms in total. The molecule has 0 radical (unpaired) electrons. The second-order valence-corrected chi connectivity index (χ2v) is 20.8. The summed E-state index contributed by atoms with van der Waals surface area (Å²) in [5, 5.41) is 21.6. The number of carbonyl (C=O) groups excluding carboxylic acids is 4. The summed E-state index contributed by atoms with van der Waals surface area (Å²) in [5.74, 6) is -3.53. The van der Waals surface area contributed by atoms with Gasteiger partial charge in [0.2, 0.25) is 6.29 Å². The lowest BCUT2D eigenvalue weighted by atomic mass is 9.95. The molecular formula is C45H50FN5O19P2S. The Kier molecular flexibility index (Phi) is 17.7. The van der Waals surface area contributed by atoms with E-state index in [1.54, 1.807) is 12.1 Å². The summed E-state index contributed by atoms with van der Waals surface area (Å²) >= 11 is 4.92. The van der Waals surface area contributed by atoms with Crippen LogP contribution in [0.25, 0.3) is 33.4 Å². The van der Waals surface area contributed by atoms with Crippen LogP contribution in [0.15, 0.2) is 85.5 Å². The predicted molar refractivity (Wildman–Crippen MR) is 254 cm³/mol. The van der Waals surface area contributed by atoms with E-state index in [1.165, 1.54) is 23.0 Å². The summed E-state index contributed by atoms with van der Waals surface area (Å²) in [4.78, 5) is 84.2. The number of phosphoric acid groups is 1. The number of benzene rings is 3. The minimum Gasteiger partial charge on any atom is -0.494 e. The number of phosphoric ester groups is 1. The third-order valence-electron chi connectivity index (χ3n) is 11.0. The summed E-state index contributed by atoms with van der Waals surface area (Å²) in [6.45, 7) is -1.60. The summed E-state index contributed by atoms with van der Waals surface area (Å²) in [7, 11) is -5.82. The van der Waals surface area contributed by atoms with Gasteiger partial charge in [-0.15, -0.1) is 0 Å². The van der Waals surface area contributed by atoms with Gasteiger partial charge in [0.1, 0.15) is 48.6 Å². The third kappa shape index (κ3) is 13.7. The van der Waals surface area contributed by atoms with Crippen molar-refractivity contribution in [2.45, 2.75) is 95.5 Å². The number of aliphatic hydroxyl groups is 2. The highest BCUT2D eigenvalue weighted by Gasteiger charge is 2.57. The molecule has 73 heavy (non-hydrogen) atoms. The minimum absolute atomic E-state index is 0.00536. The number of rotatable bonds is 20. The summed E-state index contributed by atoms with van der Waals surface area (Å²) in [6, 6.07) is 21.6. The van der Waals surface area contributed by atoms with Crippen LogP contribution >= 0.6 is 14.5 Å². The standard InChI is InChI=1S/C45H50FN5O19P2S/c1-5-18-61-31-16-14-29(15-17-31)27-8-6-26(7-9-27)28-10-12-30(13-11-28)44(57)62-19-32(46)37-38(64-23(2)52)39(65-24(3)53)40(66-25(4)54)45(68-37)69-71(58,59)70-72(60,73)63-20-33-35(55)36(56)43(67-33)51-22-50-34-41(47)48-21-49-42(34)51/h6-17,21-22,32-33,35-40,43,45,55-56H,5,18-20H2,1-4H3,(H,58,59)(H,60,73)(H2,47,48,49)/t32-,33+,35+,36+,37+,38+,39-,40-,43+,45-,72?/m0/s1. The van der Waals surface area contributed by atoms with Crippen molar-refractivity contribution in [2.24, 2.45) is 0 Å². The number of aliphatic hydroxyl groups excluding tert-OH is 2. The molecule has 0 bridgehead atoms. The van der Waals surface area contributed by atoms with Crippen LogP contribution in [0.4, 0.5) is 10.2 Å². The Labute approximate surface area is 420 Å². The van der Waals surface area contributed by atoms with Crippen molar-refractivity contribution in [1.82, 2.24) is 19.5 Å². The second-order valence-electron chi connectivity index (χ2n) is 16.4. The van der Waals surface area contributed by atoms with Gasteiger partial charge in [-0.3, -0.25) is 23.5 Å². The van der Waals surface area contributed by atoms with Gasteiger partial charge in [-0.05, 0) is 64.7 Å². The van der Waals surface area contributed by atoms with Gasteiger partial charge >= 0.3 is 38.4 Å². The van der Waals surface area contributed by atoms with Gasteiger partial charge in [0.15, 0.2) is 42.2 Å². The first-order valence-electron chi connectivity index (χ1n) is 22.2. The van der Waals surface area contributed by atoms with Crippen LogP contribution in [-0.4, -0.2) is 138 Å². The minimum atomic E-state index is -5.82. The molecule has 5 aromatic rings. The van der Waals surface area contributed by atoms with E-state index in [-0.39, 0.29) is 22.5 Å². The number of nitrogen functional groups attached to an aromatic ring is 1. The summed E-state index contributed by atoms with van der Waals surface area (Å²) < 4.78 is 84.5. The Morgan fingerprint density at radius 2 is 1.37 bits per heavy atom. The van der Waals surface area contributed by atoms with E-state index in [4.69, 9.17) is 64.1 Å². The quantitative estimate of drug-likeness (QED) is 0.0413. The summed E-state index contributed by atoms with van der Waals surface area (Å²) in [5.41, 5.74) is 9.65. The molecular weight excluding hydrogens is 1030 g/mol. The van der Waals surface area contributed by atoms with Gasteiger partial charge in [0.05, 0.1) is 25.1 Å². The zero-order chi connectivity index (χ0) is 52.8. The number of hydrogen-bond acceptors (Lipinski definition) is 22. The molecule has 0 saturated carbocycles. The lowest BCUT2D eigenvalue weighted by Gasteiger charge is -2.45. The average molecular weight is 1080 g/mol. The van der Waals surface area contributed by atoms with Crippen LogP contribution in [0, 0.1) is 0 Å². The van der Waals surface area contributed by atoms with Gasteiger partial charge in [-0.2, -0.15) is 0 Å². The van der Waals surface area contributed by atoms with Gasteiger partial charge in [-0.25, -0.2) is 33.0 Å². The smallest absolute Gasteiger partial charge is 0.481 e. The fourth-order valence-electron chi connectivity index (χ4n) is 7.76. The largest absolute Gasteiger partial charge is 0.494 e. The maximum atomic E-state index is 16.5. The lowest BCUT2D eigenvalue weighted by molar-refractivity contribution is -0.296. The van der Waals surface area contributed by atoms with Gasteiger partial charge in [0, 0.05) is 20.8 Å². The van der Waals surface area contributed by atoms with Gasteiger partial charge in [0.25, 0.3) is 0 Å². The van der Waals surface area contributed by atoms with Crippen LogP contribution in [0.2, 0.25) is 0 Å². The van der Waals surface area contributed by atoms with E-state index in [1.807, 2.05) is 55.5 Å². The average Bonchev–Trinajstić information content (AvgIpc) is 3.90. The Bertz CT molecular complexity index is 2870. The van der Waals surface area contributed by atoms with Crippen molar-refractivity contribution >= 4 is 67.2 Å². The summed E-state index contributed by atoms with van der Waals surface area (Å²) in [6.07, 6.45) is -16.2. The van der Waals surface area contributed by atoms with Crippen molar-refractivity contribution in [3.8, 4) is 28.0 Å². The van der Waals surface area contributed by atoms with E-state index >= 15 is 4.39 Å². The molecule has 0 spiro atoms. The van der Waals surface area contributed by atoms with Crippen molar-refractivity contribution in [3.63, 3.8) is 0 Å². The number of carbonyl (C=O) groups is 4. The van der Waals surface area contributed by atoms with Crippen LogP contribution in [0.1, 0.15) is 50.7 Å². The van der Waals surface area contributed by atoms with Crippen molar-refractivity contribution in [3.05, 3.63) is 91.0 Å². The number of imidazole rings is 1. The maximum Gasteiger partial charge on any atom is 0.481 e. The normalized spacial score (nSPS) is 24.9. The number of fused-ring (bicyclic) bond motifs is 1. The highest BCUT2D eigenvalue weighted by atomic mass is 32.5. The van der Waals surface area contributed by atoms with Gasteiger partial charge < -0.3 is 63.4 Å². The van der Waals surface area contributed by atoms with E-state index in [2.05, 4.69) is 15.0 Å². The zero-order valence-electron chi connectivity index (χ0n) is 39.1. The Hall–Kier alpha value is -5.86. The number of nitrogens with zero attached hydrogens (tertiary/aromatic N) is 4. The second kappa shape index (κ2) is 23.6. The molecule has 2 aromatic heterocycles. The number of alkyl halides is 1. The van der Waals surface area contributed by atoms with E-state index in [0.717, 1.165) is 61.5 Å². The molecule has 0 aliphatic carbocycles. The molecule has 2 unspecified atom stereocenters. The first-order valence-corrected chi connectivity index (χ1v) is 26.3. The predicted octanol–water partition coefficient (Wildman–Crippen LogP) is 4.23. The van der Waals surface area contributed by atoms with Crippen LogP contribution in [0.3, 0.4) is 0 Å². The number of ether oxygens (including phenoxy) is 7.